The summed E-state index contributed by atoms with van der Waals surface area (Å²) in [5, 5.41) is 19.0. The number of carbonyl (C=O) groups excluding carboxylic acids is 2. The van der Waals surface area contributed by atoms with Crippen molar-refractivity contribution < 1.29 is 19.1 Å². The van der Waals surface area contributed by atoms with E-state index in [4.69, 9.17) is 19.7 Å². The summed E-state index contributed by atoms with van der Waals surface area (Å²) in [5.74, 6) is 3.03. The van der Waals surface area contributed by atoms with Gasteiger partial charge < -0.3 is 29.1 Å². The highest BCUT2D eigenvalue weighted by molar-refractivity contribution is 5.79. The van der Waals surface area contributed by atoms with Gasteiger partial charge in [0.1, 0.15) is 0 Å². The number of amides is 2. The van der Waals surface area contributed by atoms with Crippen LogP contribution in [-0.4, -0.2) is 113 Å². The van der Waals surface area contributed by atoms with E-state index in [0.717, 1.165) is 87.8 Å². The summed E-state index contributed by atoms with van der Waals surface area (Å²) < 4.78 is 19.5. The average Bonchev–Trinajstić information content (AvgIpc) is 4.17. The number of nitrogens with zero attached hydrogens (tertiary/aromatic N) is 12. The molecular formula is C50H60N12O4. The van der Waals surface area contributed by atoms with Gasteiger partial charge >= 0.3 is 0 Å². The summed E-state index contributed by atoms with van der Waals surface area (Å²) >= 11 is 0. The topological polar surface area (TPSA) is 137 Å². The van der Waals surface area contributed by atoms with Gasteiger partial charge in [-0.3, -0.25) is 28.3 Å². The van der Waals surface area contributed by atoms with Crippen molar-refractivity contribution in [2.75, 3.05) is 62.4 Å². The van der Waals surface area contributed by atoms with E-state index in [2.05, 4.69) is 92.0 Å². The zero-order valence-electron chi connectivity index (χ0n) is 39.0. The van der Waals surface area contributed by atoms with Crippen molar-refractivity contribution in [3.8, 4) is 22.3 Å². The third-order valence-corrected chi connectivity index (χ3v) is 14.7. The number of ether oxygens (including phenoxy) is 2. The number of carbonyl (C=O) groups is 2. The van der Waals surface area contributed by atoms with Crippen molar-refractivity contribution in [2.24, 2.45) is 14.1 Å². The van der Waals surface area contributed by atoms with E-state index in [1.807, 2.05) is 45.7 Å². The number of hydrogen-bond donors (Lipinski definition) is 0. The lowest BCUT2D eigenvalue weighted by molar-refractivity contribution is -0.130. The average molecular weight is 893 g/mol. The van der Waals surface area contributed by atoms with E-state index in [1.54, 1.807) is 13.8 Å². The number of anilines is 4. The van der Waals surface area contributed by atoms with Crippen LogP contribution in [0.5, 0.6) is 0 Å². The highest BCUT2D eigenvalue weighted by Gasteiger charge is 2.38. The van der Waals surface area contributed by atoms with Crippen LogP contribution < -0.4 is 9.80 Å². The minimum atomic E-state index is 0.125. The Morgan fingerprint density at radius 2 is 1.06 bits per heavy atom. The molecule has 0 bridgehead atoms. The van der Waals surface area contributed by atoms with Gasteiger partial charge in [0.15, 0.2) is 11.6 Å². The summed E-state index contributed by atoms with van der Waals surface area (Å²) in [4.78, 5) is 33.0. The Bertz CT molecular complexity index is 2630. The van der Waals surface area contributed by atoms with Crippen LogP contribution >= 0.6 is 0 Å². The molecule has 16 heteroatoms. The second kappa shape index (κ2) is 16.9. The van der Waals surface area contributed by atoms with Crippen molar-refractivity contribution in [1.29, 1.82) is 0 Å². The van der Waals surface area contributed by atoms with Crippen LogP contribution in [0.15, 0.2) is 61.2 Å². The van der Waals surface area contributed by atoms with Crippen LogP contribution in [0.25, 0.3) is 22.3 Å². The fourth-order valence-electron chi connectivity index (χ4n) is 11.1. The van der Waals surface area contributed by atoms with Gasteiger partial charge in [0.2, 0.25) is 11.8 Å². The highest BCUT2D eigenvalue weighted by atomic mass is 16.5. The molecule has 10 heterocycles. The Hall–Kier alpha value is -6.26. The summed E-state index contributed by atoms with van der Waals surface area (Å²) in [5.41, 5.74) is 14.7. The SMILES string of the molecule is CC(=O)N1CCc2c(c(N3C[C@@H](C)c4cc(-c5cnn(C)c5)ccc43)nn2[C@H]2CCOC2)C1.CC(=O)N1CCc2c(c(N3C[C@H](C)c4cc(-c5cnn(C)c5)ccc43)nn2[C@H]2CCOC2)C1. The standard InChI is InChI=1S/2C25H30N6O2/c2*1-16-12-30(23-5-4-18(10-21(16)23)19-11-26-28(3)13-19)25-22-14-29(17(2)32)8-6-24(22)31(27-25)20-7-9-33-15-20/h2*4-5,10-11,13,16,20H,6-9,12,14-15H2,1-3H3/t16-,20+;16-,20-/m10/s1. The van der Waals surface area contributed by atoms with E-state index in [1.165, 1.54) is 56.1 Å². The van der Waals surface area contributed by atoms with Crippen LogP contribution in [0.1, 0.15) is 98.1 Å². The second-order valence-corrected chi connectivity index (χ2v) is 19.2. The molecule has 16 nitrogen and oxygen atoms in total. The number of aryl methyl sites for hydroxylation is 2. The molecule has 2 fully saturated rings. The van der Waals surface area contributed by atoms with Gasteiger partial charge in [0.05, 0.1) is 50.8 Å². The minimum Gasteiger partial charge on any atom is -0.379 e. The Balaban J connectivity index is 0.000000146. The smallest absolute Gasteiger partial charge is 0.219 e. The van der Waals surface area contributed by atoms with Crippen molar-refractivity contribution in [1.82, 2.24) is 48.9 Å². The molecular weight excluding hydrogens is 833 g/mol. The molecule has 4 atom stereocenters. The zero-order chi connectivity index (χ0) is 45.4. The summed E-state index contributed by atoms with van der Waals surface area (Å²) in [7, 11) is 3.89. The maximum absolute atomic E-state index is 12.2. The van der Waals surface area contributed by atoms with Crippen molar-refractivity contribution in [2.45, 2.75) is 90.4 Å². The van der Waals surface area contributed by atoms with E-state index in [9.17, 15) is 9.59 Å². The maximum atomic E-state index is 12.2. The lowest BCUT2D eigenvalue weighted by Crippen LogP contribution is -2.35. The Morgan fingerprint density at radius 1 is 0.621 bits per heavy atom. The monoisotopic (exact) mass is 892 g/mol. The molecule has 0 aliphatic carbocycles. The number of benzene rings is 2. The van der Waals surface area contributed by atoms with Crippen molar-refractivity contribution >= 4 is 34.8 Å². The van der Waals surface area contributed by atoms with Gasteiger partial charge in [-0.15, -0.1) is 0 Å². The predicted molar refractivity (Wildman–Crippen MR) is 251 cm³/mol. The van der Waals surface area contributed by atoms with Crippen LogP contribution in [0.4, 0.5) is 23.0 Å². The first kappa shape index (κ1) is 42.4. The number of fused-ring (bicyclic) bond motifs is 4. The third kappa shape index (κ3) is 7.47. The molecule has 66 heavy (non-hydrogen) atoms. The van der Waals surface area contributed by atoms with Crippen LogP contribution in [-0.2, 0) is 59.1 Å². The zero-order valence-corrected chi connectivity index (χ0v) is 39.0. The number of rotatable bonds is 6. The summed E-state index contributed by atoms with van der Waals surface area (Å²) in [6.07, 6.45) is 11.6. The van der Waals surface area contributed by atoms with Crippen molar-refractivity contribution in [3.63, 3.8) is 0 Å². The number of hydrogen-bond acceptors (Lipinski definition) is 10. The molecule has 0 radical (unpaired) electrons. The normalized spacial score (nSPS) is 22.0. The van der Waals surface area contributed by atoms with Gasteiger partial charge in [-0.05, 0) is 59.4 Å². The molecule has 12 rings (SSSR count). The first-order chi connectivity index (χ1) is 32.0. The van der Waals surface area contributed by atoms with Gasteiger partial charge in [0.25, 0.3) is 0 Å². The van der Waals surface area contributed by atoms with Gasteiger partial charge in [0, 0.05) is 149 Å². The third-order valence-electron chi connectivity index (χ3n) is 14.7. The minimum absolute atomic E-state index is 0.125. The quantitative estimate of drug-likeness (QED) is 0.176. The maximum Gasteiger partial charge on any atom is 0.219 e. The van der Waals surface area contributed by atoms with Crippen LogP contribution in [0.2, 0.25) is 0 Å². The second-order valence-electron chi connectivity index (χ2n) is 19.2. The summed E-state index contributed by atoms with van der Waals surface area (Å²) in [6.45, 7) is 15.4. The first-order valence-corrected chi connectivity index (χ1v) is 23.7. The molecule has 6 aromatic rings. The lowest BCUT2D eigenvalue weighted by atomic mass is 9.99. The number of aromatic nitrogens is 8. The van der Waals surface area contributed by atoms with E-state index < -0.39 is 0 Å². The molecule has 6 aliphatic heterocycles. The molecule has 0 saturated carbocycles. The molecule has 2 amide bonds. The summed E-state index contributed by atoms with van der Waals surface area (Å²) in [6, 6.07) is 14.0. The van der Waals surface area contributed by atoms with E-state index in [-0.39, 0.29) is 23.9 Å². The van der Waals surface area contributed by atoms with Gasteiger partial charge in [-0.25, -0.2) is 0 Å². The van der Waals surface area contributed by atoms with Gasteiger partial charge in [-0.2, -0.15) is 20.4 Å². The molecule has 6 aliphatic rings. The van der Waals surface area contributed by atoms with Gasteiger partial charge in [-0.1, -0.05) is 26.0 Å². The Labute approximate surface area is 385 Å². The fourth-order valence-corrected chi connectivity index (χ4v) is 11.1. The fraction of sp³-hybridized carbons (Fsp3) is 0.480. The molecule has 344 valence electrons. The molecule has 0 N–H and O–H groups in total. The molecule has 2 aromatic carbocycles. The molecule has 4 aromatic heterocycles. The Kier molecular flexibility index (Phi) is 10.8. The first-order valence-electron chi connectivity index (χ1n) is 23.7. The highest BCUT2D eigenvalue weighted by Crippen LogP contribution is 2.47. The van der Waals surface area contributed by atoms with Crippen molar-refractivity contribution in [3.05, 3.63) is 94.8 Å². The molecule has 2 saturated heterocycles. The van der Waals surface area contributed by atoms with Crippen LogP contribution in [0.3, 0.4) is 0 Å². The van der Waals surface area contributed by atoms with E-state index in [0.29, 0.717) is 38.1 Å². The predicted octanol–water partition coefficient (Wildman–Crippen LogP) is 6.81. The Morgan fingerprint density at radius 3 is 1.42 bits per heavy atom. The molecule has 0 spiro atoms. The largest absolute Gasteiger partial charge is 0.379 e. The molecule has 0 unspecified atom stereocenters. The lowest BCUT2D eigenvalue weighted by Gasteiger charge is -2.28. The van der Waals surface area contributed by atoms with Crippen LogP contribution in [0, 0.1) is 0 Å². The van der Waals surface area contributed by atoms with E-state index >= 15 is 0 Å².